The van der Waals surface area contributed by atoms with Crippen LogP contribution >= 0.6 is 12.2 Å². The third-order valence-corrected chi connectivity index (χ3v) is 3.71. The van der Waals surface area contributed by atoms with Crippen LogP contribution in [-0.2, 0) is 6.42 Å². The second kappa shape index (κ2) is 5.77. The van der Waals surface area contributed by atoms with Crippen molar-refractivity contribution in [1.29, 1.82) is 0 Å². The van der Waals surface area contributed by atoms with Gasteiger partial charge in [0, 0.05) is 18.2 Å². The first-order valence-corrected chi connectivity index (χ1v) is 7.40. The van der Waals surface area contributed by atoms with E-state index in [1.165, 1.54) is 0 Å². The zero-order valence-electron chi connectivity index (χ0n) is 12.5. The maximum atomic E-state index is 5.79. The van der Waals surface area contributed by atoms with Crippen LogP contribution in [0.4, 0.5) is 0 Å². The highest BCUT2D eigenvalue weighted by Crippen LogP contribution is 2.32. The minimum atomic E-state index is 0.444. The van der Waals surface area contributed by atoms with E-state index in [0.717, 1.165) is 33.9 Å². The number of methoxy groups -OCH3 is 1. The molecule has 112 valence electrons. The minimum Gasteiger partial charge on any atom is -0.496 e. The number of aromatic nitrogens is 2. The van der Waals surface area contributed by atoms with Gasteiger partial charge in [0.05, 0.1) is 23.5 Å². The van der Waals surface area contributed by atoms with Crippen molar-refractivity contribution in [2.45, 2.75) is 13.3 Å². The van der Waals surface area contributed by atoms with Gasteiger partial charge in [-0.2, -0.15) is 0 Å². The Morgan fingerprint density at radius 2 is 2.05 bits per heavy atom. The first kappa shape index (κ1) is 14.5. The topological polar surface area (TPSA) is 52.5 Å². The molecule has 5 heteroatoms. The van der Waals surface area contributed by atoms with Crippen LogP contribution in [0.25, 0.3) is 16.9 Å². The number of hydrogen-bond donors (Lipinski definition) is 1. The Bertz CT molecular complexity index is 854. The number of imidazole rings is 1. The lowest BCUT2D eigenvalue weighted by atomic mass is 10.1. The molecular formula is C17H17N3OS. The lowest BCUT2D eigenvalue weighted by Gasteiger charge is -2.08. The molecule has 0 amide bonds. The van der Waals surface area contributed by atoms with Crippen LogP contribution in [0, 0.1) is 6.92 Å². The number of fused-ring (bicyclic) bond motifs is 1. The van der Waals surface area contributed by atoms with E-state index < -0.39 is 0 Å². The fourth-order valence-electron chi connectivity index (χ4n) is 2.59. The standard InChI is InChI=1S/C17H17N3OS/c1-11-7-8-16-19-17(12-5-3-4-6-14(12)21-2)13(9-15(18)22)20(16)10-11/h3-8,10H,9H2,1-2H3,(H2,18,22). The van der Waals surface area contributed by atoms with E-state index in [0.29, 0.717) is 11.4 Å². The molecule has 0 unspecified atom stereocenters. The average Bonchev–Trinajstić information content (AvgIpc) is 2.84. The predicted molar refractivity (Wildman–Crippen MR) is 92.4 cm³/mol. The first-order chi connectivity index (χ1) is 10.6. The number of hydrogen-bond acceptors (Lipinski definition) is 3. The number of nitrogens with zero attached hydrogens (tertiary/aromatic N) is 2. The van der Waals surface area contributed by atoms with Crippen LogP contribution in [0.1, 0.15) is 11.3 Å². The largest absolute Gasteiger partial charge is 0.496 e. The number of thiocarbonyl (C=S) groups is 1. The van der Waals surface area contributed by atoms with Gasteiger partial charge in [-0.1, -0.05) is 30.4 Å². The van der Waals surface area contributed by atoms with E-state index in [-0.39, 0.29) is 0 Å². The van der Waals surface area contributed by atoms with Crippen molar-refractivity contribution in [2.24, 2.45) is 5.73 Å². The van der Waals surface area contributed by atoms with Crippen LogP contribution in [0.2, 0.25) is 0 Å². The molecule has 0 radical (unpaired) electrons. The Hall–Kier alpha value is -2.40. The maximum Gasteiger partial charge on any atom is 0.137 e. The zero-order chi connectivity index (χ0) is 15.7. The van der Waals surface area contributed by atoms with E-state index in [2.05, 4.69) is 10.6 Å². The summed E-state index contributed by atoms with van der Waals surface area (Å²) in [5.74, 6) is 0.784. The van der Waals surface area contributed by atoms with Gasteiger partial charge < -0.3 is 14.9 Å². The highest BCUT2D eigenvalue weighted by molar-refractivity contribution is 7.80. The molecule has 4 nitrogen and oxygen atoms in total. The molecule has 1 aromatic carbocycles. The Kier molecular flexibility index (Phi) is 3.81. The smallest absolute Gasteiger partial charge is 0.137 e. The lowest BCUT2D eigenvalue weighted by Crippen LogP contribution is -2.13. The van der Waals surface area contributed by atoms with Crippen molar-refractivity contribution in [2.75, 3.05) is 7.11 Å². The highest BCUT2D eigenvalue weighted by atomic mass is 32.1. The van der Waals surface area contributed by atoms with Crippen molar-refractivity contribution < 1.29 is 4.74 Å². The predicted octanol–water partition coefficient (Wildman–Crippen LogP) is 3.15. The monoisotopic (exact) mass is 311 g/mol. The summed E-state index contributed by atoms with van der Waals surface area (Å²) in [6.45, 7) is 2.05. The van der Waals surface area contributed by atoms with Gasteiger partial charge in [0.15, 0.2) is 0 Å². The van der Waals surface area contributed by atoms with Crippen LogP contribution in [0.5, 0.6) is 5.75 Å². The van der Waals surface area contributed by atoms with E-state index in [1.54, 1.807) is 7.11 Å². The highest BCUT2D eigenvalue weighted by Gasteiger charge is 2.17. The quantitative estimate of drug-likeness (QED) is 0.752. The van der Waals surface area contributed by atoms with Crippen molar-refractivity contribution in [3.63, 3.8) is 0 Å². The normalized spacial score (nSPS) is 10.8. The van der Waals surface area contributed by atoms with Crippen LogP contribution in [0.3, 0.4) is 0 Å². The third kappa shape index (κ3) is 2.55. The molecule has 0 atom stereocenters. The fraction of sp³-hybridized carbons (Fsp3) is 0.176. The second-order valence-corrected chi connectivity index (χ2v) is 5.71. The van der Waals surface area contributed by atoms with Crippen molar-refractivity contribution in [3.05, 3.63) is 53.9 Å². The van der Waals surface area contributed by atoms with Crippen LogP contribution in [-0.4, -0.2) is 21.5 Å². The van der Waals surface area contributed by atoms with Gasteiger partial charge in [-0.15, -0.1) is 0 Å². The summed E-state index contributed by atoms with van der Waals surface area (Å²) in [5.41, 5.74) is 10.6. The molecule has 0 aliphatic heterocycles. The number of ether oxygens (including phenoxy) is 1. The van der Waals surface area contributed by atoms with Gasteiger partial charge in [0.2, 0.25) is 0 Å². The number of para-hydroxylation sites is 1. The number of aryl methyl sites for hydroxylation is 1. The number of pyridine rings is 1. The van der Waals surface area contributed by atoms with E-state index in [4.69, 9.17) is 27.7 Å². The zero-order valence-corrected chi connectivity index (χ0v) is 13.4. The summed E-state index contributed by atoms with van der Waals surface area (Å²) in [5, 5.41) is 0. The summed E-state index contributed by atoms with van der Waals surface area (Å²) in [4.78, 5) is 5.20. The van der Waals surface area contributed by atoms with Gasteiger partial charge in [0.1, 0.15) is 11.4 Å². The summed E-state index contributed by atoms with van der Waals surface area (Å²) < 4.78 is 7.52. The number of nitrogens with two attached hydrogens (primary N) is 1. The van der Waals surface area contributed by atoms with Gasteiger partial charge >= 0.3 is 0 Å². The molecule has 3 rings (SSSR count). The van der Waals surface area contributed by atoms with Gasteiger partial charge in [0.25, 0.3) is 0 Å². The van der Waals surface area contributed by atoms with Crippen molar-refractivity contribution >= 4 is 22.9 Å². The second-order valence-electron chi connectivity index (χ2n) is 5.19. The molecule has 2 aromatic heterocycles. The Morgan fingerprint density at radius 1 is 1.27 bits per heavy atom. The number of benzene rings is 1. The van der Waals surface area contributed by atoms with Gasteiger partial charge in [-0.05, 0) is 30.7 Å². The Morgan fingerprint density at radius 3 is 2.77 bits per heavy atom. The molecule has 0 aliphatic rings. The molecule has 2 N–H and O–H groups in total. The van der Waals surface area contributed by atoms with E-state index >= 15 is 0 Å². The van der Waals surface area contributed by atoms with Crippen LogP contribution < -0.4 is 10.5 Å². The molecule has 0 aliphatic carbocycles. The molecule has 0 bridgehead atoms. The van der Waals surface area contributed by atoms with E-state index in [9.17, 15) is 0 Å². The van der Waals surface area contributed by atoms with Crippen molar-refractivity contribution in [1.82, 2.24) is 9.38 Å². The maximum absolute atomic E-state index is 5.79. The van der Waals surface area contributed by atoms with Gasteiger partial charge in [-0.3, -0.25) is 0 Å². The van der Waals surface area contributed by atoms with Crippen molar-refractivity contribution in [3.8, 4) is 17.0 Å². The molecule has 2 heterocycles. The SMILES string of the molecule is COc1ccccc1-c1nc2ccc(C)cn2c1CC(N)=S. The molecule has 3 aromatic rings. The summed E-state index contributed by atoms with van der Waals surface area (Å²) in [6, 6.07) is 11.9. The lowest BCUT2D eigenvalue weighted by molar-refractivity contribution is 0.416. The average molecular weight is 311 g/mol. The minimum absolute atomic E-state index is 0.444. The summed E-state index contributed by atoms with van der Waals surface area (Å²) in [6.07, 6.45) is 2.54. The molecule has 0 saturated heterocycles. The summed E-state index contributed by atoms with van der Waals surface area (Å²) in [7, 11) is 1.66. The molecule has 22 heavy (non-hydrogen) atoms. The first-order valence-electron chi connectivity index (χ1n) is 6.99. The van der Waals surface area contributed by atoms with E-state index in [1.807, 2.05) is 43.3 Å². The Balaban J connectivity index is 2.30. The fourth-order valence-corrected chi connectivity index (χ4v) is 2.73. The molecule has 0 fully saturated rings. The Labute approximate surface area is 134 Å². The molecule has 0 saturated carbocycles. The third-order valence-electron chi connectivity index (χ3n) is 3.57. The molecular weight excluding hydrogens is 294 g/mol. The number of rotatable bonds is 4. The van der Waals surface area contributed by atoms with Crippen LogP contribution in [0.15, 0.2) is 42.6 Å². The van der Waals surface area contributed by atoms with Gasteiger partial charge in [-0.25, -0.2) is 4.98 Å². The summed E-state index contributed by atoms with van der Waals surface area (Å²) >= 11 is 5.12. The molecule has 0 spiro atoms.